The average molecular weight is 201 g/mol. The summed E-state index contributed by atoms with van der Waals surface area (Å²) in [6.07, 6.45) is 0. The Morgan fingerprint density at radius 1 is 1.07 bits per heavy atom. The van der Waals surface area contributed by atoms with Gasteiger partial charge >= 0.3 is 0 Å². The third-order valence-electron chi connectivity index (χ3n) is 2.70. The second kappa shape index (κ2) is 3.91. The third kappa shape index (κ3) is 1.68. The van der Waals surface area contributed by atoms with Crippen LogP contribution in [0.4, 0.5) is 5.69 Å². The Kier molecular flexibility index (Phi) is 2.60. The van der Waals surface area contributed by atoms with Crippen LogP contribution in [-0.4, -0.2) is 5.21 Å². The molecule has 0 aliphatic heterocycles. The molecule has 2 aromatic rings. The molecule has 0 fully saturated rings. The van der Waals surface area contributed by atoms with Gasteiger partial charge in [0.1, 0.15) is 0 Å². The average Bonchev–Trinajstić information content (AvgIpc) is 2.27. The normalized spacial score (nSPS) is 10.9. The largest absolute Gasteiger partial charge is 0.291 e. The van der Waals surface area contributed by atoms with Crippen LogP contribution in [0, 0.1) is 0 Å². The monoisotopic (exact) mass is 201 g/mol. The van der Waals surface area contributed by atoms with Crippen molar-refractivity contribution in [2.45, 2.75) is 19.8 Å². The second-order valence-corrected chi connectivity index (χ2v) is 4.02. The van der Waals surface area contributed by atoms with E-state index >= 15 is 0 Å². The summed E-state index contributed by atoms with van der Waals surface area (Å²) in [4.78, 5) is 0. The van der Waals surface area contributed by atoms with Crippen LogP contribution in [0.2, 0.25) is 0 Å². The predicted molar refractivity (Wildman–Crippen MR) is 63.4 cm³/mol. The fourth-order valence-electron chi connectivity index (χ4n) is 1.89. The molecule has 2 heteroatoms. The number of benzene rings is 2. The number of anilines is 1. The first kappa shape index (κ1) is 9.99. The highest BCUT2D eigenvalue weighted by Gasteiger charge is 2.09. The van der Waals surface area contributed by atoms with Crippen molar-refractivity contribution in [3.05, 3.63) is 42.0 Å². The highest BCUT2D eigenvalue weighted by Crippen LogP contribution is 2.31. The van der Waals surface area contributed by atoms with Gasteiger partial charge in [-0.05, 0) is 16.9 Å². The maximum atomic E-state index is 9.22. The number of nitrogens with one attached hydrogen (secondary N) is 1. The van der Waals surface area contributed by atoms with Gasteiger partial charge in [0.25, 0.3) is 0 Å². The summed E-state index contributed by atoms with van der Waals surface area (Å²) in [7, 11) is 0. The first-order chi connectivity index (χ1) is 7.24. The molecule has 0 heterocycles. The molecule has 0 unspecified atom stereocenters. The Morgan fingerprint density at radius 2 is 1.80 bits per heavy atom. The first-order valence-electron chi connectivity index (χ1n) is 5.16. The van der Waals surface area contributed by atoms with Gasteiger partial charge in [-0.3, -0.25) is 10.7 Å². The molecule has 0 aromatic heterocycles. The molecule has 0 saturated heterocycles. The van der Waals surface area contributed by atoms with Gasteiger partial charge in [0, 0.05) is 5.39 Å². The summed E-state index contributed by atoms with van der Waals surface area (Å²) in [5.74, 6) is 0.393. The lowest BCUT2D eigenvalue weighted by Gasteiger charge is -2.14. The maximum Gasteiger partial charge on any atom is 0.0715 e. The summed E-state index contributed by atoms with van der Waals surface area (Å²) in [5, 5.41) is 11.4. The van der Waals surface area contributed by atoms with Crippen LogP contribution in [0.5, 0.6) is 0 Å². The molecule has 0 bridgehead atoms. The second-order valence-electron chi connectivity index (χ2n) is 4.02. The Morgan fingerprint density at radius 3 is 2.47 bits per heavy atom. The van der Waals surface area contributed by atoms with Gasteiger partial charge in [0.15, 0.2) is 0 Å². The van der Waals surface area contributed by atoms with Gasteiger partial charge in [0.2, 0.25) is 0 Å². The first-order valence-corrected chi connectivity index (χ1v) is 5.16. The van der Waals surface area contributed by atoms with Crippen molar-refractivity contribution in [1.82, 2.24) is 0 Å². The van der Waals surface area contributed by atoms with Crippen molar-refractivity contribution in [2.75, 3.05) is 5.48 Å². The number of rotatable bonds is 2. The zero-order valence-electron chi connectivity index (χ0n) is 8.99. The van der Waals surface area contributed by atoms with E-state index in [-0.39, 0.29) is 0 Å². The van der Waals surface area contributed by atoms with Crippen LogP contribution in [0.25, 0.3) is 10.8 Å². The Bertz CT molecular complexity index is 477. The van der Waals surface area contributed by atoms with E-state index in [0.717, 1.165) is 22.0 Å². The van der Waals surface area contributed by atoms with Crippen molar-refractivity contribution in [2.24, 2.45) is 0 Å². The summed E-state index contributed by atoms with van der Waals surface area (Å²) >= 11 is 0. The van der Waals surface area contributed by atoms with Crippen molar-refractivity contribution in [3.8, 4) is 0 Å². The van der Waals surface area contributed by atoms with Gasteiger partial charge in [-0.15, -0.1) is 0 Å². The molecule has 0 aliphatic carbocycles. The minimum atomic E-state index is 0.393. The Balaban J connectivity index is 2.75. The molecule has 0 radical (unpaired) electrons. The molecule has 0 aliphatic rings. The zero-order valence-corrected chi connectivity index (χ0v) is 8.99. The molecule has 0 amide bonds. The van der Waals surface area contributed by atoms with Crippen molar-refractivity contribution in [3.63, 3.8) is 0 Å². The molecular formula is C13H15NO. The Hall–Kier alpha value is -1.54. The fraction of sp³-hybridized carbons (Fsp3) is 0.231. The van der Waals surface area contributed by atoms with Crippen LogP contribution < -0.4 is 5.48 Å². The summed E-state index contributed by atoms with van der Waals surface area (Å²) in [5.41, 5.74) is 4.28. The van der Waals surface area contributed by atoms with Crippen LogP contribution >= 0.6 is 0 Å². The highest BCUT2D eigenvalue weighted by molar-refractivity contribution is 5.95. The highest BCUT2D eigenvalue weighted by atomic mass is 16.5. The minimum absolute atomic E-state index is 0.393. The molecule has 15 heavy (non-hydrogen) atoms. The summed E-state index contributed by atoms with van der Waals surface area (Å²) < 4.78 is 0. The lowest BCUT2D eigenvalue weighted by Crippen LogP contribution is -1.98. The van der Waals surface area contributed by atoms with Crippen molar-refractivity contribution >= 4 is 16.5 Å². The predicted octanol–water partition coefficient (Wildman–Crippen LogP) is 3.76. The quantitative estimate of drug-likeness (QED) is 0.725. The molecule has 2 aromatic carbocycles. The van der Waals surface area contributed by atoms with Gasteiger partial charge in [-0.25, -0.2) is 0 Å². The van der Waals surface area contributed by atoms with E-state index in [2.05, 4.69) is 31.5 Å². The van der Waals surface area contributed by atoms with Crippen LogP contribution in [0.1, 0.15) is 25.3 Å². The van der Waals surface area contributed by atoms with Gasteiger partial charge in [0.05, 0.1) is 5.69 Å². The molecule has 2 rings (SSSR count). The van der Waals surface area contributed by atoms with Crippen molar-refractivity contribution in [1.29, 1.82) is 0 Å². The SMILES string of the molecule is CC(C)c1ccc2ccccc2c1NO. The minimum Gasteiger partial charge on any atom is -0.291 e. The van der Waals surface area contributed by atoms with Crippen molar-refractivity contribution < 1.29 is 5.21 Å². The summed E-state index contributed by atoms with van der Waals surface area (Å²) in [6.45, 7) is 4.23. The molecule has 0 atom stereocenters. The van der Waals surface area contributed by atoms with E-state index in [9.17, 15) is 5.21 Å². The third-order valence-corrected chi connectivity index (χ3v) is 2.70. The van der Waals surface area contributed by atoms with E-state index < -0.39 is 0 Å². The number of fused-ring (bicyclic) bond motifs is 1. The van der Waals surface area contributed by atoms with E-state index in [1.54, 1.807) is 0 Å². The van der Waals surface area contributed by atoms with Crippen LogP contribution in [0.3, 0.4) is 0 Å². The van der Waals surface area contributed by atoms with E-state index in [1.165, 1.54) is 0 Å². The molecule has 2 N–H and O–H groups in total. The lowest BCUT2D eigenvalue weighted by molar-refractivity contribution is 0.388. The van der Waals surface area contributed by atoms with E-state index in [0.29, 0.717) is 5.92 Å². The topological polar surface area (TPSA) is 32.3 Å². The Labute approximate surface area is 89.5 Å². The molecule has 2 nitrogen and oxygen atoms in total. The lowest BCUT2D eigenvalue weighted by atomic mass is 9.97. The van der Waals surface area contributed by atoms with Crippen LogP contribution in [0.15, 0.2) is 36.4 Å². The molecule has 78 valence electrons. The van der Waals surface area contributed by atoms with Crippen LogP contribution in [-0.2, 0) is 0 Å². The molecular weight excluding hydrogens is 186 g/mol. The number of hydrogen-bond acceptors (Lipinski definition) is 2. The van der Waals surface area contributed by atoms with E-state index in [4.69, 9.17) is 0 Å². The fourth-order valence-corrected chi connectivity index (χ4v) is 1.89. The van der Waals surface area contributed by atoms with E-state index in [1.807, 2.05) is 24.3 Å². The zero-order chi connectivity index (χ0) is 10.8. The maximum absolute atomic E-state index is 9.22. The summed E-state index contributed by atoms with van der Waals surface area (Å²) in [6, 6.07) is 12.2. The standard InChI is InChI=1S/C13H15NO/c1-9(2)11-8-7-10-5-3-4-6-12(10)13(11)14-15/h3-9,14-15H,1-2H3. The molecule has 0 spiro atoms. The van der Waals surface area contributed by atoms with Gasteiger partial charge in [-0.1, -0.05) is 50.2 Å². The smallest absolute Gasteiger partial charge is 0.0715 e. The molecule has 0 saturated carbocycles. The van der Waals surface area contributed by atoms with Gasteiger partial charge < -0.3 is 0 Å². The van der Waals surface area contributed by atoms with Gasteiger partial charge in [-0.2, -0.15) is 0 Å². The number of hydrogen-bond donors (Lipinski definition) is 2.